The molecule has 10 heteroatoms. The standard InChI is InChI=1S/C24H24N2O7S/c1-16(23(27)25-19-8-4-6-10-21(19)31-2)33-24(28)17-12-14-18(15-13-17)34(29,30)26-20-9-5-7-11-22(20)32-3/h4-16,26H,1-3H3,(H,25,27)/t16-/m1/s1. The van der Waals surface area contributed by atoms with Gasteiger partial charge in [-0.25, -0.2) is 13.2 Å². The smallest absolute Gasteiger partial charge is 0.338 e. The summed E-state index contributed by atoms with van der Waals surface area (Å²) in [5.41, 5.74) is 0.812. The van der Waals surface area contributed by atoms with Gasteiger partial charge in [-0.15, -0.1) is 0 Å². The average Bonchev–Trinajstić information content (AvgIpc) is 2.84. The Morgan fingerprint density at radius 3 is 1.91 bits per heavy atom. The molecule has 0 heterocycles. The summed E-state index contributed by atoms with van der Waals surface area (Å²) in [6.45, 7) is 1.43. The minimum Gasteiger partial charge on any atom is -0.495 e. The fraction of sp³-hybridized carbons (Fsp3) is 0.167. The number of hydrogen-bond donors (Lipinski definition) is 2. The quantitative estimate of drug-likeness (QED) is 0.445. The summed E-state index contributed by atoms with van der Waals surface area (Å²) in [6, 6.07) is 18.6. The molecule has 3 aromatic carbocycles. The zero-order valence-corrected chi connectivity index (χ0v) is 19.6. The molecule has 0 radical (unpaired) electrons. The largest absolute Gasteiger partial charge is 0.495 e. The SMILES string of the molecule is COc1ccccc1NC(=O)[C@@H](C)OC(=O)c1ccc(S(=O)(=O)Nc2ccccc2OC)cc1. The van der Waals surface area contributed by atoms with E-state index in [2.05, 4.69) is 10.0 Å². The summed E-state index contributed by atoms with van der Waals surface area (Å²) in [7, 11) is -1.01. The van der Waals surface area contributed by atoms with E-state index in [9.17, 15) is 18.0 Å². The highest BCUT2D eigenvalue weighted by atomic mass is 32.2. The number of sulfonamides is 1. The van der Waals surface area contributed by atoms with Crippen molar-refractivity contribution in [3.05, 3.63) is 78.4 Å². The predicted octanol–water partition coefficient (Wildman–Crippen LogP) is 3.69. The lowest BCUT2D eigenvalue weighted by Gasteiger charge is -2.15. The molecule has 0 aliphatic rings. The number of benzene rings is 3. The maximum absolute atomic E-state index is 12.7. The van der Waals surface area contributed by atoms with Crippen LogP contribution in [0.3, 0.4) is 0 Å². The summed E-state index contributed by atoms with van der Waals surface area (Å²) in [6.07, 6.45) is -1.10. The number of methoxy groups -OCH3 is 2. The van der Waals surface area contributed by atoms with Gasteiger partial charge >= 0.3 is 5.97 Å². The molecular weight excluding hydrogens is 460 g/mol. The minimum atomic E-state index is -3.92. The van der Waals surface area contributed by atoms with Crippen LogP contribution in [0, 0.1) is 0 Å². The summed E-state index contributed by atoms with van der Waals surface area (Å²) in [5, 5.41) is 2.64. The molecule has 0 saturated heterocycles. The number of carbonyl (C=O) groups excluding carboxylic acids is 2. The molecule has 34 heavy (non-hydrogen) atoms. The summed E-state index contributed by atoms with van der Waals surface area (Å²) >= 11 is 0. The van der Waals surface area contributed by atoms with Gasteiger partial charge in [0.05, 0.1) is 36.1 Å². The van der Waals surface area contributed by atoms with Gasteiger partial charge in [-0.05, 0) is 55.5 Å². The lowest BCUT2D eigenvalue weighted by Crippen LogP contribution is -2.30. The lowest BCUT2D eigenvalue weighted by atomic mass is 10.2. The number of hydrogen-bond acceptors (Lipinski definition) is 7. The summed E-state index contributed by atoms with van der Waals surface area (Å²) in [5.74, 6) is -0.484. The Hall–Kier alpha value is -4.05. The monoisotopic (exact) mass is 484 g/mol. The zero-order chi connectivity index (χ0) is 24.7. The fourth-order valence-corrected chi connectivity index (χ4v) is 4.04. The molecular formula is C24H24N2O7S. The Labute approximate surface area is 197 Å². The molecule has 0 spiro atoms. The van der Waals surface area contributed by atoms with Gasteiger partial charge in [-0.2, -0.15) is 0 Å². The van der Waals surface area contributed by atoms with Crippen molar-refractivity contribution < 1.29 is 32.2 Å². The van der Waals surface area contributed by atoms with Gasteiger partial charge in [0, 0.05) is 0 Å². The van der Waals surface area contributed by atoms with E-state index in [4.69, 9.17) is 14.2 Å². The first-order valence-corrected chi connectivity index (χ1v) is 11.6. The van der Waals surface area contributed by atoms with E-state index in [1.54, 1.807) is 48.5 Å². The van der Waals surface area contributed by atoms with E-state index in [0.717, 1.165) is 0 Å². The van der Waals surface area contributed by atoms with Gasteiger partial charge in [0.1, 0.15) is 11.5 Å². The number of amides is 1. The molecule has 2 N–H and O–H groups in total. The fourth-order valence-electron chi connectivity index (χ4n) is 2.97. The molecule has 178 valence electrons. The van der Waals surface area contributed by atoms with Crippen LogP contribution in [0.5, 0.6) is 11.5 Å². The Bertz CT molecular complexity index is 1270. The second kappa shape index (κ2) is 10.7. The van der Waals surface area contributed by atoms with Crippen LogP contribution in [0.4, 0.5) is 11.4 Å². The Balaban J connectivity index is 1.65. The Kier molecular flexibility index (Phi) is 7.75. The van der Waals surface area contributed by atoms with Gasteiger partial charge in [-0.3, -0.25) is 9.52 Å². The summed E-state index contributed by atoms with van der Waals surface area (Å²) in [4.78, 5) is 24.8. The lowest BCUT2D eigenvalue weighted by molar-refractivity contribution is -0.123. The van der Waals surface area contributed by atoms with E-state index in [0.29, 0.717) is 17.2 Å². The molecule has 3 rings (SSSR count). The van der Waals surface area contributed by atoms with Gasteiger partial charge in [0.15, 0.2) is 6.10 Å². The van der Waals surface area contributed by atoms with E-state index in [1.165, 1.54) is 45.4 Å². The van der Waals surface area contributed by atoms with Gasteiger partial charge < -0.3 is 19.5 Å². The first-order chi connectivity index (χ1) is 16.2. The van der Waals surface area contributed by atoms with Crippen LogP contribution in [0.1, 0.15) is 17.3 Å². The van der Waals surface area contributed by atoms with Crippen LogP contribution in [-0.4, -0.2) is 40.6 Å². The van der Waals surface area contributed by atoms with E-state index in [1.807, 2.05) is 0 Å². The second-order valence-corrected chi connectivity index (χ2v) is 8.75. The predicted molar refractivity (Wildman–Crippen MR) is 127 cm³/mol. The first-order valence-electron chi connectivity index (χ1n) is 10.2. The molecule has 0 aromatic heterocycles. The highest BCUT2D eigenvalue weighted by Gasteiger charge is 2.21. The first kappa shape index (κ1) is 24.6. The number of para-hydroxylation sites is 4. The zero-order valence-electron chi connectivity index (χ0n) is 18.8. The number of nitrogens with one attached hydrogen (secondary N) is 2. The van der Waals surface area contributed by atoms with Crippen molar-refractivity contribution in [2.45, 2.75) is 17.9 Å². The molecule has 0 saturated carbocycles. The molecule has 0 unspecified atom stereocenters. The normalized spacial score (nSPS) is 11.7. The molecule has 3 aromatic rings. The van der Waals surface area contributed by atoms with Gasteiger partial charge in [0.25, 0.3) is 15.9 Å². The number of rotatable bonds is 9. The minimum absolute atomic E-state index is 0.0584. The third-order valence-corrected chi connectivity index (χ3v) is 6.15. The van der Waals surface area contributed by atoms with Crippen molar-refractivity contribution in [2.75, 3.05) is 24.3 Å². The van der Waals surface area contributed by atoms with Gasteiger partial charge in [-0.1, -0.05) is 24.3 Å². The third-order valence-electron chi connectivity index (χ3n) is 4.77. The topological polar surface area (TPSA) is 120 Å². The van der Waals surface area contributed by atoms with Gasteiger partial charge in [0.2, 0.25) is 0 Å². The van der Waals surface area contributed by atoms with Crippen LogP contribution in [0.15, 0.2) is 77.7 Å². The van der Waals surface area contributed by atoms with Crippen molar-refractivity contribution >= 4 is 33.3 Å². The third kappa shape index (κ3) is 5.84. The summed E-state index contributed by atoms with van der Waals surface area (Å²) < 4.78 is 43.4. The maximum Gasteiger partial charge on any atom is 0.338 e. The molecule has 0 fully saturated rings. The van der Waals surface area contributed by atoms with Crippen LogP contribution in [0.25, 0.3) is 0 Å². The van der Waals surface area contributed by atoms with Crippen molar-refractivity contribution in [1.29, 1.82) is 0 Å². The van der Waals surface area contributed by atoms with E-state index in [-0.39, 0.29) is 16.1 Å². The van der Waals surface area contributed by atoms with Crippen LogP contribution >= 0.6 is 0 Å². The number of anilines is 2. The van der Waals surface area contributed by atoms with Crippen LogP contribution < -0.4 is 19.5 Å². The molecule has 9 nitrogen and oxygen atoms in total. The van der Waals surface area contributed by atoms with Crippen molar-refractivity contribution in [3.8, 4) is 11.5 Å². The van der Waals surface area contributed by atoms with Crippen molar-refractivity contribution in [3.63, 3.8) is 0 Å². The Morgan fingerprint density at radius 2 is 1.32 bits per heavy atom. The number of ether oxygens (including phenoxy) is 3. The number of esters is 1. The van der Waals surface area contributed by atoms with E-state index < -0.39 is 28.0 Å². The van der Waals surface area contributed by atoms with Crippen molar-refractivity contribution in [1.82, 2.24) is 0 Å². The average molecular weight is 485 g/mol. The van der Waals surface area contributed by atoms with E-state index >= 15 is 0 Å². The highest BCUT2D eigenvalue weighted by molar-refractivity contribution is 7.92. The molecule has 0 aliphatic carbocycles. The van der Waals surface area contributed by atoms with Crippen LogP contribution in [0.2, 0.25) is 0 Å². The second-order valence-electron chi connectivity index (χ2n) is 7.07. The number of carbonyl (C=O) groups is 2. The Morgan fingerprint density at radius 1 is 0.794 bits per heavy atom. The maximum atomic E-state index is 12.7. The van der Waals surface area contributed by atoms with Crippen LogP contribution in [-0.2, 0) is 19.6 Å². The highest BCUT2D eigenvalue weighted by Crippen LogP contribution is 2.26. The molecule has 0 aliphatic heterocycles. The molecule has 1 amide bonds. The van der Waals surface area contributed by atoms with Crippen molar-refractivity contribution in [2.24, 2.45) is 0 Å². The molecule has 0 bridgehead atoms. The molecule has 1 atom stereocenters.